The molecule has 4 nitrogen and oxygen atoms in total. The maximum Gasteiger partial charge on any atom is 0.409 e. The molecule has 1 amide bonds. The predicted molar refractivity (Wildman–Crippen MR) is 48.4 cm³/mol. The normalized spacial score (nSPS) is 18.8. The number of hydrogen-bond donors (Lipinski definition) is 1. The lowest BCUT2D eigenvalue weighted by Gasteiger charge is -2.30. The fourth-order valence-corrected chi connectivity index (χ4v) is 1.72. The number of aliphatic hydroxyl groups excluding tert-OH is 1. The zero-order valence-electron chi connectivity index (χ0n) is 8.03. The molecule has 1 N–H and O–H groups in total. The highest BCUT2D eigenvalue weighted by atomic mass is 16.5. The first-order valence-electron chi connectivity index (χ1n) is 4.71. The van der Waals surface area contributed by atoms with Crippen molar-refractivity contribution >= 4 is 6.09 Å². The Labute approximate surface area is 78.5 Å². The number of aliphatic hydroxyl groups is 1. The summed E-state index contributed by atoms with van der Waals surface area (Å²) in [6.07, 6.45) is 2.59. The molecule has 0 aromatic heterocycles. The van der Waals surface area contributed by atoms with Crippen molar-refractivity contribution in [1.29, 1.82) is 0 Å². The molecule has 0 saturated carbocycles. The van der Waals surface area contributed by atoms with Crippen molar-refractivity contribution in [3.05, 3.63) is 0 Å². The van der Waals surface area contributed by atoms with Gasteiger partial charge in [0, 0.05) is 19.7 Å². The largest absolute Gasteiger partial charge is 0.453 e. The van der Waals surface area contributed by atoms with Gasteiger partial charge >= 0.3 is 6.09 Å². The van der Waals surface area contributed by atoms with Crippen molar-refractivity contribution in [3.63, 3.8) is 0 Å². The van der Waals surface area contributed by atoms with E-state index in [1.807, 2.05) is 0 Å². The molecule has 1 heterocycles. The first-order valence-corrected chi connectivity index (χ1v) is 4.71. The number of ether oxygens (including phenoxy) is 1. The summed E-state index contributed by atoms with van der Waals surface area (Å²) in [6, 6.07) is 0. The fourth-order valence-electron chi connectivity index (χ4n) is 1.72. The molecule has 0 atom stereocenters. The number of carbonyl (C=O) groups excluding carboxylic acids is 1. The summed E-state index contributed by atoms with van der Waals surface area (Å²) in [5.41, 5.74) is 0. The maximum absolute atomic E-state index is 11.1. The van der Waals surface area contributed by atoms with Crippen molar-refractivity contribution in [2.45, 2.75) is 19.3 Å². The molecule has 0 spiro atoms. The van der Waals surface area contributed by atoms with E-state index in [0.29, 0.717) is 5.92 Å². The highest BCUT2D eigenvalue weighted by molar-refractivity contribution is 5.67. The minimum atomic E-state index is -0.234. The van der Waals surface area contributed by atoms with Crippen LogP contribution in [0.15, 0.2) is 0 Å². The Morgan fingerprint density at radius 2 is 2.15 bits per heavy atom. The highest BCUT2D eigenvalue weighted by Gasteiger charge is 2.22. The van der Waals surface area contributed by atoms with Crippen LogP contribution in [0.25, 0.3) is 0 Å². The molecule has 1 rings (SSSR count). The number of likely N-dealkylation sites (tertiary alicyclic amines) is 1. The zero-order valence-corrected chi connectivity index (χ0v) is 8.03. The number of nitrogens with zero attached hydrogens (tertiary/aromatic N) is 1. The molecular formula is C9H17NO3. The molecule has 1 aliphatic rings. The van der Waals surface area contributed by atoms with Crippen molar-refractivity contribution < 1.29 is 14.6 Å². The van der Waals surface area contributed by atoms with E-state index < -0.39 is 0 Å². The third-order valence-electron chi connectivity index (χ3n) is 2.58. The minimum absolute atomic E-state index is 0.234. The quantitative estimate of drug-likeness (QED) is 0.697. The minimum Gasteiger partial charge on any atom is -0.453 e. The van der Waals surface area contributed by atoms with E-state index in [2.05, 4.69) is 4.74 Å². The molecule has 1 aliphatic heterocycles. The molecule has 0 unspecified atom stereocenters. The van der Waals surface area contributed by atoms with Gasteiger partial charge < -0.3 is 14.7 Å². The van der Waals surface area contributed by atoms with Gasteiger partial charge in [-0.3, -0.25) is 0 Å². The first-order chi connectivity index (χ1) is 6.27. The van der Waals surface area contributed by atoms with Gasteiger partial charge in [0.25, 0.3) is 0 Å². The van der Waals surface area contributed by atoms with E-state index in [-0.39, 0.29) is 12.7 Å². The second kappa shape index (κ2) is 5.07. The van der Waals surface area contributed by atoms with Gasteiger partial charge in [-0.05, 0) is 25.2 Å². The molecule has 0 radical (unpaired) electrons. The van der Waals surface area contributed by atoms with Gasteiger partial charge in [-0.1, -0.05) is 0 Å². The lowest BCUT2D eigenvalue weighted by Crippen LogP contribution is -2.38. The van der Waals surface area contributed by atoms with Crippen LogP contribution in [0.5, 0.6) is 0 Å². The van der Waals surface area contributed by atoms with Crippen LogP contribution in [-0.2, 0) is 4.74 Å². The van der Waals surface area contributed by atoms with Crippen LogP contribution in [0.1, 0.15) is 19.3 Å². The second-order valence-electron chi connectivity index (χ2n) is 3.41. The maximum atomic E-state index is 11.1. The van der Waals surface area contributed by atoms with E-state index >= 15 is 0 Å². The number of carbonyl (C=O) groups is 1. The van der Waals surface area contributed by atoms with Crippen molar-refractivity contribution in [3.8, 4) is 0 Å². The van der Waals surface area contributed by atoms with Gasteiger partial charge in [0.1, 0.15) is 0 Å². The van der Waals surface area contributed by atoms with Gasteiger partial charge in [0.05, 0.1) is 7.11 Å². The lowest BCUT2D eigenvalue weighted by atomic mass is 9.94. The number of piperidine rings is 1. The summed E-state index contributed by atoms with van der Waals surface area (Å²) < 4.78 is 4.62. The van der Waals surface area contributed by atoms with Crippen LogP contribution in [0.3, 0.4) is 0 Å². The van der Waals surface area contributed by atoms with Gasteiger partial charge in [-0.15, -0.1) is 0 Å². The molecule has 76 valence electrons. The summed E-state index contributed by atoms with van der Waals surface area (Å²) in [6.45, 7) is 1.78. The average Bonchev–Trinajstić information content (AvgIpc) is 2.18. The van der Waals surface area contributed by atoms with Crippen LogP contribution in [0.4, 0.5) is 4.79 Å². The van der Waals surface area contributed by atoms with Crippen molar-refractivity contribution in [2.75, 3.05) is 26.8 Å². The van der Waals surface area contributed by atoms with Gasteiger partial charge in [-0.2, -0.15) is 0 Å². The third-order valence-corrected chi connectivity index (χ3v) is 2.58. The van der Waals surface area contributed by atoms with Crippen LogP contribution in [0.2, 0.25) is 0 Å². The molecule has 0 aromatic rings. The smallest absolute Gasteiger partial charge is 0.409 e. The zero-order chi connectivity index (χ0) is 9.68. The topological polar surface area (TPSA) is 49.8 Å². The summed E-state index contributed by atoms with van der Waals surface area (Å²) >= 11 is 0. The van der Waals surface area contributed by atoms with Gasteiger partial charge in [-0.25, -0.2) is 4.79 Å². The fraction of sp³-hybridized carbons (Fsp3) is 0.889. The SMILES string of the molecule is COC(=O)N1CCC(CCO)CC1. The van der Waals surface area contributed by atoms with Crippen LogP contribution in [-0.4, -0.2) is 42.9 Å². The van der Waals surface area contributed by atoms with Crippen LogP contribution < -0.4 is 0 Å². The molecule has 1 saturated heterocycles. The summed E-state index contributed by atoms with van der Waals surface area (Å²) in [4.78, 5) is 12.8. The molecular weight excluding hydrogens is 170 g/mol. The summed E-state index contributed by atoms with van der Waals surface area (Å²) in [5, 5.41) is 8.73. The Balaban J connectivity index is 2.26. The molecule has 1 fully saturated rings. The number of methoxy groups -OCH3 is 1. The Bertz CT molecular complexity index is 164. The van der Waals surface area contributed by atoms with Crippen LogP contribution >= 0.6 is 0 Å². The molecule has 0 aromatic carbocycles. The molecule has 4 heteroatoms. The van der Waals surface area contributed by atoms with Crippen LogP contribution in [0, 0.1) is 5.92 Å². The standard InChI is InChI=1S/C9H17NO3/c1-13-9(12)10-5-2-8(3-6-10)4-7-11/h8,11H,2-7H2,1H3. The van der Waals surface area contributed by atoms with Gasteiger partial charge in [0.15, 0.2) is 0 Å². The second-order valence-corrected chi connectivity index (χ2v) is 3.41. The Morgan fingerprint density at radius 3 is 2.62 bits per heavy atom. The molecule has 0 bridgehead atoms. The van der Waals surface area contributed by atoms with E-state index in [1.165, 1.54) is 7.11 Å². The lowest BCUT2D eigenvalue weighted by molar-refractivity contribution is 0.102. The highest BCUT2D eigenvalue weighted by Crippen LogP contribution is 2.20. The monoisotopic (exact) mass is 187 g/mol. The van der Waals surface area contributed by atoms with E-state index in [0.717, 1.165) is 32.4 Å². The van der Waals surface area contributed by atoms with Crippen molar-refractivity contribution in [2.24, 2.45) is 5.92 Å². The van der Waals surface area contributed by atoms with E-state index in [9.17, 15) is 4.79 Å². The molecule has 13 heavy (non-hydrogen) atoms. The number of amides is 1. The summed E-state index contributed by atoms with van der Waals surface area (Å²) in [7, 11) is 1.40. The van der Waals surface area contributed by atoms with E-state index in [4.69, 9.17) is 5.11 Å². The van der Waals surface area contributed by atoms with Crippen molar-refractivity contribution in [1.82, 2.24) is 4.90 Å². The Kier molecular flexibility index (Phi) is 4.02. The Morgan fingerprint density at radius 1 is 1.54 bits per heavy atom. The predicted octanol–water partition coefficient (Wildman–Crippen LogP) is 0.847. The summed E-state index contributed by atoms with van der Waals surface area (Å²) in [5.74, 6) is 0.575. The molecule has 0 aliphatic carbocycles. The third kappa shape index (κ3) is 2.88. The average molecular weight is 187 g/mol. The van der Waals surface area contributed by atoms with E-state index in [1.54, 1.807) is 4.90 Å². The number of rotatable bonds is 2. The van der Waals surface area contributed by atoms with Gasteiger partial charge in [0.2, 0.25) is 0 Å². The first kappa shape index (κ1) is 10.3. The number of hydrogen-bond acceptors (Lipinski definition) is 3. The Hall–Kier alpha value is -0.770.